The number of hydrogen-bond acceptors (Lipinski definition) is 3. The van der Waals surface area contributed by atoms with Gasteiger partial charge in [-0.05, 0) is 36.5 Å². The molecule has 0 saturated carbocycles. The van der Waals surface area contributed by atoms with Crippen molar-refractivity contribution >= 4 is 29.3 Å². The van der Waals surface area contributed by atoms with E-state index >= 15 is 0 Å². The molecule has 0 aliphatic carbocycles. The standard InChI is InChI=1S/C15H21NO3S/c1-10-9-12(20-11(10)5-6-13(17)18)14(19)16-8-7-15(2,3)4/h5-6,9H,7-8H2,1-4H3,(H,16,19)(H,17,18)/b6-5+. The van der Waals surface area contributed by atoms with E-state index in [-0.39, 0.29) is 11.3 Å². The number of aliphatic carboxylic acids is 1. The van der Waals surface area contributed by atoms with E-state index in [0.717, 1.165) is 22.9 Å². The Morgan fingerprint density at radius 2 is 2.05 bits per heavy atom. The van der Waals surface area contributed by atoms with Crippen LogP contribution in [0, 0.1) is 12.3 Å². The summed E-state index contributed by atoms with van der Waals surface area (Å²) >= 11 is 1.31. The monoisotopic (exact) mass is 295 g/mol. The Labute approximate surface area is 123 Å². The van der Waals surface area contributed by atoms with E-state index in [1.165, 1.54) is 17.4 Å². The number of thiophene rings is 1. The largest absolute Gasteiger partial charge is 0.478 e. The van der Waals surface area contributed by atoms with Crippen molar-refractivity contribution in [2.75, 3.05) is 6.54 Å². The maximum Gasteiger partial charge on any atom is 0.328 e. The SMILES string of the molecule is Cc1cc(C(=O)NCCC(C)(C)C)sc1/C=C/C(=O)O. The molecule has 20 heavy (non-hydrogen) atoms. The quantitative estimate of drug-likeness (QED) is 0.819. The fourth-order valence-electron chi connectivity index (χ4n) is 1.56. The Morgan fingerprint density at radius 1 is 1.40 bits per heavy atom. The van der Waals surface area contributed by atoms with Gasteiger partial charge in [0.05, 0.1) is 4.88 Å². The lowest BCUT2D eigenvalue weighted by atomic mass is 9.92. The average Bonchev–Trinajstić information content (AvgIpc) is 2.66. The van der Waals surface area contributed by atoms with Crippen LogP contribution < -0.4 is 5.32 Å². The Balaban J connectivity index is 2.66. The Bertz CT molecular complexity index is 524. The molecule has 1 aromatic heterocycles. The highest BCUT2D eigenvalue weighted by atomic mass is 32.1. The van der Waals surface area contributed by atoms with Crippen LogP contribution in [0.1, 0.15) is 47.3 Å². The van der Waals surface area contributed by atoms with Crippen molar-refractivity contribution in [3.8, 4) is 0 Å². The molecular formula is C15H21NO3S. The molecular weight excluding hydrogens is 274 g/mol. The molecule has 4 nitrogen and oxygen atoms in total. The first-order chi connectivity index (χ1) is 9.19. The fraction of sp³-hybridized carbons (Fsp3) is 0.467. The highest BCUT2D eigenvalue weighted by molar-refractivity contribution is 7.15. The van der Waals surface area contributed by atoms with Gasteiger partial charge in [-0.2, -0.15) is 0 Å². The third-order valence-electron chi connectivity index (χ3n) is 2.72. The summed E-state index contributed by atoms with van der Waals surface area (Å²) in [6, 6.07) is 1.79. The highest BCUT2D eigenvalue weighted by Gasteiger charge is 2.13. The molecule has 0 atom stereocenters. The minimum absolute atomic E-state index is 0.0997. The second kappa shape index (κ2) is 6.70. The first-order valence-electron chi connectivity index (χ1n) is 6.49. The van der Waals surface area contributed by atoms with Crippen LogP contribution in [0.3, 0.4) is 0 Å². The van der Waals surface area contributed by atoms with Gasteiger partial charge in [-0.3, -0.25) is 4.79 Å². The van der Waals surface area contributed by atoms with Gasteiger partial charge in [0.15, 0.2) is 0 Å². The fourth-order valence-corrected chi connectivity index (χ4v) is 2.55. The first kappa shape index (κ1) is 16.4. The van der Waals surface area contributed by atoms with Crippen molar-refractivity contribution < 1.29 is 14.7 Å². The number of carboxylic acids is 1. The van der Waals surface area contributed by atoms with Gasteiger partial charge < -0.3 is 10.4 Å². The zero-order chi connectivity index (χ0) is 15.3. The Kier molecular flexibility index (Phi) is 5.51. The molecule has 1 heterocycles. The van der Waals surface area contributed by atoms with Gasteiger partial charge in [-0.25, -0.2) is 4.79 Å². The van der Waals surface area contributed by atoms with Crippen molar-refractivity contribution in [3.05, 3.63) is 27.5 Å². The number of aryl methyl sites for hydroxylation is 1. The van der Waals surface area contributed by atoms with Crippen LogP contribution in [0.5, 0.6) is 0 Å². The van der Waals surface area contributed by atoms with Crippen LogP contribution >= 0.6 is 11.3 Å². The topological polar surface area (TPSA) is 66.4 Å². The molecule has 0 fully saturated rings. The van der Waals surface area contributed by atoms with Gasteiger partial charge in [0.25, 0.3) is 5.91 Å². The zero-order valence-electron chi connectivity index (χ0n) is 12.3. The maximum atomic E-state index is 12.0. The highest BCUT2D eigenvalue weighted by Crippen LogP contribution is 2.23. The van der Waals surface area contributed by atoms with Crippen molar-refractivity contribution in [1.29, 1.82) is 0 Å². The molecule has 0 aromatic carbocycles. The van der Waals surface area contributed by atoms with Crippen LogP contribution in [0.4, 0.5) is 0 Å². The summed E-state index contributed by atoms with van der Waals surface area (Å²) in [5.41, 5.74) is 1.10. The summed E-state index contributed by atoms with van der Waals surface area (Å²) in [6.45, 7) is 8.89. The van der Waals surface area contributed by atoms with Crippen molar-refractivity contribution in [2.45, 2.75) is 34.1 Å². The molecule has 0 saturated heterocycles. The third-order valence-corrected chi connectivity index (χ3v) is 3.92. The first-order valence-corrected chi connectivity index (χ1v) is 7.30. The predicted octanol–water partition coefficient (Wildman–Crippen LogP) is 3.32. The van der Waals surface area contributed by atoms with Crippen molar-refractivity contribution in [2.24, 2.45) is 5.41 Å². The van der Waals surface area contributed by atoms with Gasteiger partial charge in [0, 0.05) is 17.5 Å². The molecule has 2 N–H and O–H groups in total. The summed E-state index contributed by atoms with van der Waals surface area (Å²) in [6.07, 6.45) is 3.52. The van der Waals surface area contributed by atoms with Crippen LogP contribution in [-0.4, -0.2) is 23.5 Å². The van der Waals surface area contributed by atoms with Gasteiger partial charge >= 0.3 is 5.97 Å². The van der Waals surface area contributed by atoms with Crippen LogP contribution in [0.2, 0.25) is 0 Å². The molecule has 1 rings (SSSR count). The molecule has 0 unspecified atom stereocenters. The molecule has 0 radical (unpaired) electrons. The normalized spacial score (nSPS) is 11.8. The smallest absolute Gasteiger partial charge is 0.328 e. The van der Waals surface area contributed by atoms with E-state index in [9.17, 15) is 9.59 Å². The number of nitrogens with one attached hydrogen (secondary N) is 1. The second-order valence-electron chi connectivity index (χ2n) is 5.90. The molecule has 110 valence electrons. The molecule has 0 aliphatic heterocycles. The van der Waals surface area contributed by atoms with Crippen LogP contribution in [0.25, 0.3) is 6.08 Å². The summed E-state index contributed by atoms with van der Waals surface area (Å²) < 4.78 is 0. The van der Waals surface area contributed by atoms with Crippen molar-refractivity contribution in [3.63, 3.8) is 0 Å². The molecule has 1 amide bonds. The van der Waals surface area contributed by atoms with Gasteiger partial charge in [0.2, 0.25) is 0 Å². The van der Waals surface area contributed by atoms with Gasteiger partial charge in [0.1, 0.15) is 0 Å². The van der Waals surface area contributed by atoms with E-state index in [0.29, 0.717) is 11.4 Å². The number of rotatable bonds is 5. The van der Waals surface area contributed by atoms with Crippen LogP contribution in [-0.2, 0) is 4.79 Å². The number of carboxylic acid groups (broad SMARTS) is 1. The molecule has 0 bridgehead atoms. The molecule has 1 aromatic rings. The summed E-state index contributed by atoms with van der Waals surface area (Å²) in [5.74, 6) is -1.09. The molecule has 0 spiro atoms. The number of carbonyl (C=O) groups excluding carboxylic acids is 1. The van der Waals surface area contributed by atoms with E-state index in [1.807, 2.05) is 6.92 Å². The number of hydrogen-bond donors (Lipinski definition) is 2. The number of carbonyl (C=O) groups is 2. The molecule has 0 aliphatic rings. The molecule has 5 heteroatoms. The minimum atomic E-state index is -0.992. The van der Waals surface area contributed by atoms with Crippen LogP contribution in [0.15, 0.2) is 12.1 Å². The van der Waals surface area contributed by atoms with Gasteiger partial charge in [-0.15, -0.1) is 11.3 Å². The Morgan fingerprint density at radius 3 is 2.60 bits per heavy atom. The Hall–Kier alpha value is -1.62. The summed E-state index contributed by atoms with van der Waals surface area (Å²) in [4.78, 5) is 23.9. The van der Waals surface area contributed by atoms with E-state index in [4.69, 9.17) is 5.11 Å². The number of amides is 1. The summed E-state index contributed by atoms with van der Waals surface area (Å²) in [7, 11) is 0. The predicted molar refractivity (Wildman–Crippen MR) is 82.1 cm³/mol. The minimum Gasteiger partial charge on any atom is -0.478 e. The van der Waals surface area contributed by atoms with Gasteiger partial charge in [-0.1, -0.05) is 20.8 Å². The lowest BCUT2D eigenvalue weighted by molar-refractivity contribution is -0.131. The average molecular weight is 295 g/mol. The third kappa shape index (κ3) is 5.57. The second-order valence-corrected chi connectivity index (χ2v) is 6.98. The van der Waals surface area contributed by atoms with E-state index in [2.05, 4.69) is 26.1 Å². The maximum absolute atomic E-state index is 12.0. The lowest BCUT2D eigenvalue weighted by Crippen LogP contribution is -2.26. The lowest BCUT2D eigenvalue weighted by Gasteiger charge is -2.17. The van der Waals surface area contributed by atoms with Crippen molar-refractivity contribution in [1.82, 2.24) is 5.32 Å². The zero-order valence-corrected chi connectivity index (χ0v) is 13.1. The van der Waals surface area contributed by atoms with E-state index in [1.54, 1.807) is 6.07 Å². The summed E-state index contributed by atoms with van der Waals surface area (Å²) in [5, 5.41) is 11.5. The van der Waals surface area contributed by atoms with E-state index < -0.39 is 5.97 Å².